The third-order valence-corrected chi connectivity index (χ3v) is 5.59. The Morgan fingerprint density at radius 2 is 1.89 bits per heavy atom. The fourth-order valence-corrected chi connectivity index (χ4v) is 4.14. The van der Waals surface area contributed by atoms with Crippen molar-refractivity contribution in [3.05, 3.63) is 80.5 Å². The molecule has 0 saturated carbocycles. The number of fused-ring (bicyclic) bond motifs is 2. The molecule has 5 nitrogen and oxygen atoms in total. The second-order valence-corrected chi connectivity index (χ2v) is 7.32. The molecule has 2 aromatic rings. The van der Waals surface area contributed by atoms with Crippen LogP contribution < -0.4 is 5.32 Å². The average molecular weight is 426 g/mol. The Labute approximate surface area is 164 Å². The van der Waals surface area contributed by atoms with Gasteiger partial charge in [-0.2, -0.15) is 0 Å². The molecule has 2 aromatic carbocycles. The maximum atomic E-state index is 13.2. The van der Waals surface area contributed by atoms with Crippen LogP contribution in [0.2, 0.25) is 0 Å². The van der Waals surface area contributed by atoms with Crippen LogP contribution >= 0.6 is 15.9 Å². The highest BCUT2D eigenvalue weighted by Crippen LogP contribution is 2.47. The van der Waals surface area contributed by atoms with Crippen LogP contribution in [-0.4, -0.2) is 24.0 Å². The van der Waals surface area contributed by atoms with Gasteiger partial charge in [-0.15, -0.1) is 0 Å². The van der Waals surface area contributed by atoms with Gasteiger partial charge in [0.15, 0.2) is 5.78 Å². The van der Waals surface area contributed by atoms with Crippen molar-refractivity contribution in [2.75, 3.05) is 7.11 Å². The van der Waals surface area contributed by atoms with Crippen LogP contribution in [0.15, 0.2) is 63.8 Å². The zero-order valence-corrected chi connectivity index (χ0v) is 16.3. The molecule has 0 fully saturated rings. The second-order valence-electron chi connectivity index (χ2n) is 6.46. The van der Waals surface area contributed by atoms with Gasteiger partial charge in [-0.1, -0.05) is 30.3 Å². The first kappa shape index (κ1) is 17.5. The number of halogens is 1. The van der Waals surface area contributed by atoms with E-state index >= 15 is 0 Å². The number of carbonyl (C=O) groups excluding carboxylic acids is 2. The first-order valence-corrected chi connectivity index (χ1v) is 9.16. The van der Waals surface area contributed by atoms with Gasteiger partial charge in [0.25, 0.3) is 0 Å². The zero-order valence-electron chi connectivity index (χ0n) is 14.7. The minimum atomic E-state index is -0.592. The third kappa shape index (κ3) is 2.59. The number of carbonyl (C=O) groups is 2. The van der Waals surface area contributed by atoms with Crippen LogP contribution in [0.3, 0.4) is 0 Å². The lowest BCUT2D eigenvalue weighted by atomic mass is 9.80. The number of nitrogens with one attached hydrogen (secondary N) is 1. The number of hydrogen-bond donors (Lipinski definition) is 2. The minimum absolute atomic E-state index is 0.0863. The number of hydrogen-bond acceptors (Lipinski definition) is 5. The molecule has 1 atom stereocenters. The summed E-state index contributed by atoms with van der Waals surface area (Å²) in [5, 5.41) is 13.1. The smallest absolute Gasteiger partial charge is 0.336 e. The van der Waals surface area contributed by atoms with E-state index in [1.165, 1.54) is 7.11 Å². The van der Waals surface area contributed by atoms with E-state index in [2.05, 4.69) is 21.2 Å². The lowest BCUT2D eigenvalue weighted by Crippen LogP contribution is -2.29. The molecule has 4 rings (SSSR count). The Bertz CT molecular complexity index is 1070. The van der Waals surface area contributed by atoms with Crippen LogP contribution in [0.4, 0.5) is 0 Å². The number of ketones is 1. The molecule has 0 amide bonds. The van der Waals surface area contributed by atoms with Gasteiger partial charge in [0, 0.05) is 28.3 Å². The Morgan fingerprint density at radius 1 is 1.19 bits per heavy atom. The fourth-order valence-electron chi connectivity index (χ4n) is 3.75. The molecule has 0 unspecified atom stereocenters. The molecule has 2 N–H and O–H groups in total. The van der Waals surface area contributed by atoms with E-state index in [0.29, 0.717) is 26.9 Å². The van der Waals surface area contributed by atoms with E-state index in [1.807, 2.05) is 18.2 Å². The number of phenolic OH excluding ortho intramolecular Hbond substituents is 1. The minimum Gasteiger partial charge on any atom is -0.507 e. The average Bonchev–Trinajstić information content (AvgIpc) is 2.95. The number of methoxy groups -OCH3 is 1. The highest BCUT2D eigenvalue weighted by molar-refractivity contribution is 9.10. The number of aromatic hydroxyl groups is 1. The number of rotatable bonds is 2. The van der Waals surface area contributed by atoms with Gasteiger partial charge < -0.3 is 15.2 Å². The van der Waals surface area contributed by atoms with Gasteiger partial charge >= 0.3 is 5.97 Å². The molecule has 1 aliphatic carbocycles. The molecule has 1 heterocycles. The van der Waals surface area contributed by atoms with Crippen LogP contribution in [0.1, 0.15) is 34.3 Å². The predicted octanol–water partition coefficient (Wildman–Crippen LogP) is 3.90. The molecule has 0 spiro atoms. The molecule has 0 radical (unpaired) electrons. The first-order chi connectivity index (χ1) is 12.9. The van der Waals surface area contributed by atoms with E-state index in [9.17, 15) is 14.7 Å². The van der Waals surface area contributed by atoms with Gasteiger partial charge in [0.1, 0.15) is 5.75 Å². The number of Topliss-reactive ketones (excluding diaryl/α,β-unsaturated/α-hetero) is 1. The fraction of sp³-hybridized carbons (Fsp3) is 0.143. The summed E-state index contributed by atoms with van der Waals surface area (Å²) in [5.74, 6) is -1.12. The zero-order chi connectivity index (χ0) is 19.3. The third-order valence-electron chi connectivity index (χ3n) is 4.96. The van der Waals surface area contributed by atoms with Gasteiger partial charge in [0.05, 0.1) is 22.9 Å². The van der Waals surface area contributed by atoms with Crippen molar-refractivity contribution in [3.63, 3.8) is 0 Å². The second kappa shape index (κ2) is 6.39. The predicted molar refractivity (Wildman–Crippen MR) is 104 cm³/mol. The Kier molecular flexibility index (Phi) is 4.15. The molecule has 0 saturated heterocycles. The van der Waals surface area contributed by atoms with Crippen molar-refractivity contribution in [2.45, 2.75) is 12.8 Å². The van der Waals surface area contributed by atoms with Gasteiger partial charge in [0.2, 0.25) is 0 Å². The highest BCUT2D eigenvalue weighted by Gasteiger charge is 2.42. The quantitative estimate of drug-likeness (QED) is 0.713. The molecule has 6 heteroatoms. The summed E-state index contributed by atoms with van der Waals surface area (Å²) in [5.41, 5.74) is 4.40. The van der Waals surface area contributed by atoms with Gasteiger partial charge in [-0.05, 0) is 40.5 Å². The van der Waals surface area contributed by atoms with Crippen LogP contribution in [-0.2, 0) is 9.53 Å². The number of dihydropyridines is 1. The van der Waals surface area contributed by atoms with Crippen LogP contribution in [0.25, 0.3) is 5.70 Å². The van der Waals surface area contributed by atoms with E-state index in [1.54, 1.807) is 31.2 Å². The number of esters is 1. The van der Waals surface area contributed by atoms with E-state index < -0.39 is 11.9 Å². The van der Waals surface area contributed by atoms with Gasteiger partial charge in [-0.3, -0.25) is 4.79 Å². The number of benzene rings is 2. The van der Waals surface area contributed by atoms with Gasteiger partial charge in [-0.25, -0.2) is 4.79 Å². The molecule has 2 aliphatic rings. The summed E-state index contributed by atoms with van der Waals surface area (Å²) in [6.45, 7) is 1.80. The van der Waals surface area contributed by atoms with Crippen molar-refractivity contribution in [2.24, 2.45) is 0 Å². The standard InChI is InChI=1S/C21H16BrNO4/c1-10-16(21(26)27-2)17(11-7-8-15(24)14(22)9-11)18-19(23-10)12-5-3-4-6-13(12)20(18)25/h3-9,17,23-24H,1-2H3/t17-/m0/s1. The Hall–Kier alpha value is -2.86. The Morgan fingerprint density at radius 3 is 2.56 bits per heavy atom. The summed E-state index contributed by atoms with van der Waals surface area (Å²) < 4.78 is 5.49. The van der Waals surface area contributed by atoms with Crippen molar-refractivity contribution in [3.8, 4) is 5.75 Å². The topological polar surface area (TPSA) is 75.6 Å². The van der Waals surface area contributed by atoms with E-state index in [4.69, 9.17) is 4.74 Å². The van der Waals surface area contributed by atoms with Crippen molar-refractivity contribution < 1.29 is 19.4 Å². The molecule has 136 valence electrons. The molecular weight excluding hydrogens is 410 g/mol. The Balaban J connectivity index is 1.97. The van der Waals surface area contributed by atoms with Crippen molar-refractivity contribution in [1.29, 1.82) is 0 Å². The van der Waals surface area contributed by atoms with Crippen molar-refractivity contribution in [1.82, 2.24) is 5.32 Å². The number of allylic oxidation sites excluding steroid dienone is 2. The summed E-state index contributed by atoms with van der Waals surface area (Å²) in [6, 6.07) is 12.4. The molecule has 27 heavy (non-hydrogen) atoms. The summed E-state index contributed by atoms with van der Waals surface area (Å²) >= 11 is 3.32. The molecule has 0 aromatic heterocycles. The van der Waals surface area contributed by atoms with E-state index in [0.717, 1.165) is 16.8 Å². The largest absolute Gasteiger partial charge is 0.507 e. The number of phenols is 1. The van der Waals surface area contributed by atoms with Crippen LogP contribution in [0, 0.1) is 0 Å². The number of ether oxygens (including phenoxy) is 1. The monoisotopic (exact) mass is 425 g/mol. The first-order valence-electron chi connectivity index (χ1n) is 8.36. The lowest BCUT2D eigenvalue weighted by Gasteiger charge is -2.29. The maximum Gasteiger partial charge on any atom is 0.336 e. The molecular formula is C21H16BrNO4. The normalized spacial score (nSPS) is 18.2. The molecule has 1 aliphatic heterocycles. The molecule has 0 bridgehead atoms. The van der Waals surface area contributed by atoms with Crippen molar-refractivity contribution >= 4 is 33.4 Å². The van der Waals surface area contributed by atoms with Crippen LogP contribution in [0.5, 0.6) is 5.75 Å². The maximum absolute atomic E-state index is 13.2. The van der Waals surface area contributed by atoms with E-state index in [-0.39, 0.29) is 11.5 Å². The summed E-state index contributed by atoms with van der Waals surface area (Å²) in [4.78, 5) is 25.8. The lowest BCUT2D eigenvalue weighted by molar-refractivity contribution is -0.136. The summed E-state index contributed by atoms with van der Waals surface area (Å²) in [6.07, 6.45) is 0. The highest BCUT2D eigenvalue weighted by atomic mass is 79.9. The SMILES string of the molecule is COC(=O)C1=C(C)NC2=C(C(=O)c3ccccc32)[C@H]1c1ccc(O)c(Br)c1. The summed E-state index contributed by atoms with van der Waals surface area (Å²) in [7, 11) is 1.32.